The van der Waals surface area contributed by atoms with Gasteiger partial charge in [0.05, 0.1) is 5.56 Å². The molecule has 0 radical (unpaired) electrons. The number of rotatable bonds is 7. The molecule has 0 aromatic heterocycles. The van der Waals surface area contributed by atoms with Crippen molar-refractivity contribution in [3.05, 3.63) is 89.0 Å². The van der Waals surface area contributed by atoms with Gasteiger partial charge in [0.25, 0.3) is 5.91 Å². The Morgan fingerprint density at radius 2 is 1.69 bits per heavy atom. The van der Waals surface area contributed by atoms with Gasteiger partial charge in [-0.1, -0.05) is 48.2 Å². The van der Waals surface area contributed by atoms with Crippen LogP contribution in [-0.2, 0) is 20.7 Å². The summed E-state index contributed by atoms with van der Waals surface area (Å²) in [4.78, 5) is 52.5. The lowest BCUT2D eigenvalue weighted by Crippen LogP contribution is -2.21. The third-order valence-corrected chi connectivity index (χ3v) is 6.97. The van der Waals surface area contributed by atoms with E-state index in [1.807, 2.05) is 24.3 Å². The lowest BCUT2D eigenvalue weighted by molar-refractivity contribution is -0.121. The zero-order valence-corrected chi connectivity index (χ0v) is 19.8. The van der Waals surface area contributed by atoms with E-state index in [9.17, 15) is 19.2 Å². The van der Waals surface area contributed by atoms with Crippen molar-refractivity contribution in [2.75, 3.05) is 11.9 Å². The number of aliphatic imine (C=N–C) groups is 1. The molecule has 1 aliphatic carbocycles. The number of nitrogens with two attached hydrogens (primary N) is 1. The zero-order valence-electron chi connectivity index (χ0n) is 19.0. The predicted molar refractivity (Wildman–Crippen MR) is 137 cm³/mol. The maximum Gasteiger partial charge on any atom is 0.338 e. The molecule has 180 valence electrons. The van der Waals surface area contributed by atoms with Gasteiger partial charge >= 0.3 is 5.97 Å². The quantitative estimate of drug-likeness (QED) is 0.294. The van der Waals surface area contributed by atoms with Crippen LogP contribution in [0.1, 0.15) is 38.3 Å². The number of ether oxygens (including phenoxy) is 1. The van der Waals surface area contributed by atoms with Crippen molar-refractivity contribution in [1.29, 1.82) is 0 Å². The maximum atomic E-state index is 12.6. The van der Waals surface area contributed by atoms with E-state index in [0.717, 1.165) is 29.3 Å². The molecule has 9 heteroatoms. The number of nitrogens with one attached hydrogen (secondary N) is 1. The maximum absolute atomic E-state index is 12.6. The van der Waals surface area contributed by atoms with Crippen LogP contribution in [0.4, 0.5) is 5.69 Å². The van der Waals surface area contributed by atoms with E-state index in [0.29, 0.717) is 11.3 Å². The first kappa shape index (κ1) is 23.5. The van der Waals surface area contributed by atoms with Crippen molar-refractivity contribution >= 4 is 46.2 Å². The smallest absolute Gasteiger partial charge is 0.338 e. The van der Waals surface area contributed by atoms with Gasteiger partial charge in [0.1, 0.15) is 5.25 Å². The van der Waals surface area contributed by atoms with Crippen LogP contribution in [0.2, 0.25) is 0 Å². The minimum Gasteiger partial charge on any atom is -0.454 e. The second kappa shape index (κ2) is 9.79. The van der Waals surface area contributed by atoms with Crippen molar-refractivity contribution < 1.29 is 23.9 Å². The summed E-state index contributed by atoms with van der Waals surface area (Å²) in [5, 5.41) is 2.19. The van der Waals surface area contributed by atoms with Gasteiger partial charge in [-0.05, 0) is 59.0 Å². The van der Waals surface area contributed by atoms with Crippen LogP contribution >= 0.6 is 11.8 Å². The Kier molecular flexibility index (Phi) is 6.39. The van der Waals surface area contributed by atoms with Crippen molar-refractivity contribution in [2.45, 2.75) is 18.1 Å². The average molecular weight is 500 g/mol. The Balaban J connectivity index is 1.13. The van der Waals surface area contributed by atoms with Crippen LogP contribution in [-0.4, -0.2) is 40.6 Å². The molecule has 3 aromatic carbocycles. The topological polar surface area (TPSA) is 128 Å². The predicted octanol–water partition coefficient (Wildman–Crippen LogP) is 3.58. The normalized spacial score (nSPS) is 15.6. The molecule has 0 spiro atoms. The van der Waals surface area contributed by atoms with Gasteiger partial charge in [-0.15, -0.1) is 0 Å². The number of anilines is 1. The largest absolute Gasteiger partial charge is 0.454 e. The van der Waals surface area contributed by atoms with Gasteiger partial charge in [0.15, 0.2) is 17.6 Å². The highest BCUT2D eigenvalue weighted by Gasteiger charge is 2.29. The first-order valence-electron chi connectivity index (χ1n) is 11.2. The van der Waals surface area contributed by atoms with E-state index in [1.54, 1.807) is 18.2 Å². The van der Waals surface area contributed by atoms with Crippen molar-refractivity contribution in [1.82, 2.24) is 0 Å². The van der Waals surface area contributed by atoms with Gasteiger partial charge in [-0.25, -0.2) is 4.79 Å². The number of Topliss-reactive ketones (excluding diaryl/α,β-unsaturated/α-hetero) is 1. The molecule has 0 bridgehead atoms. The van der Waals surface area contributed by atoms with E-state index in [4.69, 9.17) is 10.5 Å². The summed E-state index contributed by atoms with van der Waals surface area (Å²) in [5.41, 5.74) is 11.3. The molecule has 8 nitrogen and oxygen atoms in total. The molecule has 0 saturated carbocycles. The van der Waals surface area contributed by atoms with Crippen molar-refractivity contribution in [3.63, 3.8) is 0 Å². The first-order chi connectivity index (χ1) is 17.4. The monoisotopic (exact) mass is 499 g/mol. The second-order valence-corrected chi connectivity index (χ2v) is 9.65. The number of carbonyl (C=O) groups is 4. The highest BCUT2D eigenvalue weighted by Crippen LogP contribution is 2.36. The summed E-state index contributed by atoms with van der Waals surface area (Å²) in [6.07, 6.45) is 0.710. The minimum atomic E-state index is -0.643. The van der Waals surface area contributed by atoms with Crippen LogP contribution in [0.25, 0.3) is 11.1 Å². The molecule has 3 N–H and O–H groups in total. The van der Waals surface area contributed by atoms with Crippen LogP contribution in [0.3, 0.4) is 0 Å². The van der Waals surface area contributed by atoms with Gasteiger partial charge < -0.3 is 15.8 Å². The van der Waals surface area contributed by atoms with E-state index in [1.165, 1.54) is 23.3 Å². The summed E-state index contributed by atoms with van der Waals surface area (Å²) in [7, 11) is 0. The lowest BCUT2D eigenvalue weighted by atomic mass is 10.0. The summed E-state index contributed by atoms with van der Waals surface area (Å²) in [6.45, 7) is -0.374. The minimum absolute atomic E-state index is 0.0611. The molecule has 2 amide bonds. The number of thioether (sulfide) groups is 1. The number of nitrogens with zero attached hydrogens (tertiary/aromatic N) is 1. The fourth-order valence-electron chi connectivity index (χ4n) is 4.22. The van der Waals surface area contributed by atoms with E-state index in [2.05, 4.69) is 22.4 Å². The molecule has 2 aliphatic rings. The van der Waals surface area contributed by atoms with Gasteiger partial charge in [0, 0.05) is 17.7 Å². The Bertz CT molecular complexity index is 1430. The van der Waals surface area contributed by atoms with Crippen molar-refractivity contribution in [2.24, 2.45) is 10.7 Å². The van der Waals surface area contributed by atoms with Crippen LogP contribution in [0.5, 0.6) is 0 Å². The summed E-state index contributed by atoms with van der Waals surface area (Å²) in [5.74, 6) is -1.72. The number of amidine groups is 1. The molecule has 36 heavy (non-hydrogen) atoms. The summed E-state index contributed by atoms with van der Waals surface area (Å²) < 4.78 is 5.22. The molecule has 3 aromatic rings. The molecule has 5 rings (SSSR count). The van der Waals surface area contributed by atoms with E-state index < -0.39 is 17.1 Å². The third-order valence-electron chi connectivity index (χ3n) is 5.98. The Labute approximate surface area is 210 Å². The third kappa shape index (κ3) is 4.92. The number of amides is 2. The number of ketones is 1. The zero-order chi connectivity index (χ0) is 25.2. The summed E-state index contributed by atoms with van der Waals surface area (Å²) >= 11 is 1.06. The van der Waals surface area contributed by atoms with Crippen molar-refractivity contribution in [3.8, 4) is 11.1 Å². The van der Waals surface area contributed by atoms with Gasteiger partial charge in [-0.2, -0.15) is 4.99 Å². The standard InChI is InChI=1S/C27H21N3O5S/c28-27-30-25(33)23(36-27)13-24(32)29-19-8-5-15(6-9-19)26(34)35-14-22(31)17-7-10-21-18(12-17)11-16-3-1-2-4-20(16)21/h1-10,12,23H,11,13-14H2,(H,29,32)(H2,28,30,33). The number of benzene rings is 3. The molecule has 1 atom stereocenters. The van der Waals surface area contributed by atoms with Crippen LogP contribution in [0.15, 0.2) is 71.7 Å². The molecule has 0 fully saturated rings. The van der Waals surface area contributed by atoms with Gasteiger partial charge in [-0.3, -0.25) is 14.4 Å². The molecule has 1 unspecified atom stereocenters. The summed E-state index contributed by atoms with van der Waals surface area (Å²) in [6, 6.07) is 19.8. The van der Waals surface area contributed by atoms with E-state index in [-0.39, 0.29) is 35.4 Å². The molecule has 1 heterocycles. The van der Waals surface area contributed by atoms with Crippen LogP contribution < -0.4 is 11.1 Å². The Hall–Kier alpha value is -4.24. The number of hydrogen-bond acceptors (Lipinski definition) is 7. The fourth-order valence-corrected chi connectivity index (χ4v) is 5.04. The SMILES string of the molecule is NC1=NC(=O)C(CC(=O)Nc2ccc(C(=O)OCC(=O)c3ccc4c(c3)Cc3ccccc3-4)cc2)S1. The average Bonchev–Trinajstić information content (AvgIpc) is 3.40. The molecular weight excluding hydrogens is 478 g/mol. The first-order valence-corrected chi connectivity index (χ1v) is 12.1. The number of esters is 1. The number of carbonyl (C=O) groups excluding carboxylic acids is 4. The number of fused-ring (bicyclic) bond motifs is 3. The van der Waals surface area contributed by atoms with Gasteiger partial charge in [0.2, 0.25) is 5.91 Å². The second-order valence-electron chi connectivity index (χ2n) is 8.43. The molecule has 0 saturated heterocycles. The Morgan fingerprint density at radius 3 is 2.44 bits per heavy atom. The Morgan fingerprint density at radius 1 is 0.972 bits per heavy atom. The highest BCUT2D eigenvalue weighted by atomic mass is 32.2. The molecular formula is C27H21N3O5S. The lowest BCUT2D eigenvalue weighted by Gasteiger charge is -2.09. The van der Waals surface area contributed by atoms with Crippen LogP contribution in [0, 0.1) is 0 Å². The molecule has 1 aliphatic heterocycles. The van der Waals surface area contributed by atoms with E-state index >= 15 is 0 Å². The fraction of sp³-hybridized carbons (Fsp3) is 0.148. The number of hydrogen-bond donors (Lipinski definition) is 2. The highest BCUT2D eigenvalue weighted by molar-refractivity contribution is 8.15.